The van der Waals surface area contributed by atoms with Gasteiger partial charge in [-0.2, -0.15) is 0 Å². The maximum atomic E-state index is 13.5. The van der Waals surface area contributed by atoms with Crippen molar-refractivity contribution < 1.29 is 4.79 Å². The number of para-hydroxylation sites is 1. The number of aliphatic imine (C=N–C) groups is 1. The molecule has 4 aromatic rings. The maximum absolute atomic E-state index is 13.5. The van der Waals surface area contributed by atoms with E-state index in [0.29, 0.717) is 12.2 Å². The van der Waals surface area contributed by atoms with Crippen LogP contribution in [-0.4, -0.2) is 27.5 Å². The summed E-state index contributed by atoms with van der Waals surface area (Å²) in [6, 6.07) is 25.2. The number of amides is 1. The quantitative estimate of drug-likeness (QED) is 0.378. The molecule has 0 radical (unpaired) electrons. The lowest BCUT2D eigenvalue weighted by Gasteiger charge is -2.16. The fraction of sp³-hybridized carbons (Fsp3) is 0.148. The zero-order valence-corrected chi connectivity index (χ0v) is 20.5. The highest BCUT2D eigenvalue weighted by Gasteiger charge is 2.34. The monoisotopic (exact) mass is 514 g/mol. The van der Waals surface area contributed by atoms with E-state index >= 15 is 0 Å². The van der Waals surface area contributed by atoms with E-state index in [2.05, 4.69) is 33.1 Å². The van der Waals surface area contributed by atoms with Gasteiger partial charge in [0.15, 0.2) is 5.69 Å². The fourth-order valence-corrected chi connectivity index (χ4v) is 4.66. The van der Waals surface area contributed by atoms with Crippen molar-refractivity contribution in [2.45, 2.75) is 13.3 Å². The van der Waals surface area contributed by atoms with E-state index in [1.165, 1.54) is 0 Å². The average molecular weight is 515 g/mol. The summed E-state index contributed by atoms with van der Waals surface area (Å²) in [5.74, 6) is -0.196. The molecule has 6 nitrogen and oxygen atoms in total. The van der Waals surface area contributed by atoms with E-state index in [1.54, 1.807) is 14.3 Å². The molecular weight excluding hydrogens is 492 g/mol. The number of fused-ring (bicyclic) bond motifs is 1. The highest BCUT2D eigenvalue weighted by molar-refractivity contribution is 9.10. The number of carbonyl (C=O) groups is 1. The van der Waals surface area contributed by atoms with Gasteiger partial charge in [0.1, 0.15) is 5.71 Å². The van der Waals surface area contributed by atoms with Crippen molar-refractivity contribution in [2.24, 2.45) is 12.0 Å². The molecule has 0 atom stereocenters. The topological polar surface area (TPSA) is 59.6 Å². The van der Waals surface area contributed by atoms with Crippen LogP contribution in [0.5, 0.6) is 0 Å². The molecule has 0 spiro atoms. The summed E-state index contributed by atoms with van der Waals surface area (Å²) in [4.78, 5) is 33.4. The van der Waals surface area contributed by atoms with Crippen LogP contribution in [0.2, 0.25) is 0 Å². The number of benzene rings is 3. The van der Waals surface area contributed by atoms with Gasteiger partial charge in [0.05, 0.1) is 17.1 Å². The molecule has 0 fully saturated rings. The molecule has 5 rings (SSSR count). The Hall–Kier alpha value is -3.71. The Kier molecular flexibility index (Phi) is 5.79. The second kappa shape index (κ2) is 8.91. The SMILES string of the molecule is Cc1c(N=C2C(=O)N(CCc3ccccc3)c3ccc(Br)cc32)c(=O)n(-c2ccccc2)n1C. The molecule has 0 bridgehead atoms. The van der Waals surface area contributed by atoms with Crippen molar-refractivity contribution in [3.8, 4) is 5.69 Å². The van der Waals surface area contributed by atoms with Gasteiger partial charge in [0, 0.05) is 23.6 Å². The number of anilines is 1. The van der Waals surface area contributed by atoms with Crippen LogP contribution in [0.3, 0.4) is 0 Å². The van der Waals surface area contributed by atoms with Crippen LogP contribution < -0.4 is 10.5 Å². The summed E-state index contributed by atoms with van der Waals surface area (Å²) in [5, 5.41) is 0. The third-order valence-corrected chi connectivity index (χ3v) is 6.66. The Bertz CT molecular complexity index is 1470. The third-order valence-electron chi connectivity index (χ3n) is 6.17. The lowest BCUT2D eigenvalue weighted by atomic mass is 10.1. The van der Waals surface area contributed by atoms with Gasteiger partial charge in [0.2, 0.25) is 0 Å². The van der Waals surface area contributed by atoms with Gasteiger partial charge >= 0.3 is 0 Å². The van der Waals surface area contributed by atoms with Gasteiger partial charge in [0.25, 0.3) is 11.5 Å². The first-order valence-corrected chi connectivity index (χ1v) is 11.8. The number of aromatic nitrogens is 2. The number of rotatable bonds is 5. The summed E-state index contributed by atoms with van der Waals surface area (Å²) < 4.78 is 4.19. The van der Waals surface area contributed by atoms with Crippen molar-refractivity contribution in [3.05, 3.63) is 111 Å². The second-order valence-corrected chi connectivity index (χ2v) is 9.14. The molecule has 0 saturated heterocycles. The van der Waals surface area contributed by atoms with Crippen LogP contribution in [0.15, 0.2) is 93.1 Å². The van der Waals surface area contributed by atoms with E-state index in [0.717, 1.165) is 33.4 Å². The molecule has 1 amide bonds. The number of nitrogens with zero attached hydrogens (tertiary/aromatic N) is 4. The molecule has 0 saturated carbocycles. The van der Waals surface area contributed by atoms with E-state index in [9.17, 15) is 9.59 Å². The molecule has 0 N–H and O–H groups in total. The Balaban J connectivity index is 1.58. The Labute approximate surface area is 205 Å². The summed E-state index contributed by atoms with van der Waals surface area (Å²) in [6.07, 6.45) is 0.723. The number of halogens is 1. The van der Waals surface area contributed by atoms with Crippen LogP contribution in [0.1, 0.15) is 16.8 Å². The molecule has 3 aromatic carbocycles. The molecule has 1 aliphatic rings. The third kappa shape index (κ3) is 3.82. The minimum atomic E-state index is -0.259. The largest absolute Gasteiger partial charge is 0.306 e. The Morgan fingerprint density at radius 3 is 2.29 bits per heavy atom. The van der Waals surface area contributed by atoms with Crippen molar-refractivity contribution in [2.75, 3.05) is 11.4 Å². The van der Waals surface area contributed by atoms with Crippen molar-refractivity contribution >= 4 is 38.9 Å². The van der Waals surface area contributed by atoms with Crippen LogP contribution >= 0.6 is 15.9 Å². The molecule has 170 valence electrons. The minimum Gasteiger partial charge on any atom is -0.306 e. The van der Waals surface area contributed by atoms with E-state index < -0.39 is 0 Å². The average Bonchev–Trinajstić information content (AvgIpc) is 3.23. The van der Waals surface area contributed by atoms with Crippen molar-refractivity contribution in [3.63, 3.8) is 0 Å². The van der Waals surface area contributed by atoms with Crippen LogP contribution in [0.25, 0.3) is 5.69 Å². The lowest BCUT2D eigenvalue weighted by Crippen LogP contribution is -2.32. The van der Waals surface area contributed by atoms with Crippen LogP contribution in [-0.2, 0) is 18.3 Å². The van der Waals surface area contributed by atoms with Crippen molar-refractivity contribution in [1.29, 1.82) is 0 Å². The molecule has 1 aromatic heterocycles. The first-order chi connectivity index (χ1) is 16.5. The maximum Gasteiger partial charge on any atom is 0.297 e. The van der Waals surface area contributed by atoms with Gasteiger partial charge in [-0.15, -0.1) is 0 Å². The van der Waals surface area contributed by atoms with E-state index in [1.807, 2.05) is 80.7 Å². The second-order valence-electron chi connectivity index (χ2n) is 8.22. The van der Waals surface area contributed by atoms with Gasteiger partial charge in [-0.25, -0.2) is 9.67 Å². The molecule has 1 aliphatic heterocycles. The standard InChI is InChI=1S/C27H23BrN4O2/c1-18-24(27(34)32(30(18)2)21-11-7-4-8-12-21)29-25-22-17-20(28)13-14-23(22)31(26(25)33)16-15-19-9-5-3-6-10-19/h3-14,17H,15-16H2,1-2H3. The molecule has 2 heterocycles. The highest BCUT2D eigenvalue weighted by Crippen LogP contribution is 2.33. The predicted octanol–water partition coefficient (Wildman–Crippen LogP) is 4.96. The smallest absolute Gasteiger partial charge is 0.297 e. The van der Waals surface area contributed by atoms with Crippen LogP contribution in [0, 0.1) is 6.92 Å². The van der Waals surface area contributed by atoms with Gasteiger partial charge < -0.3 is 4.90 Å². The zero-order chi connectivity index (χ0) is 23.8. The number of hydrogen-bond acceptors (Lipinski definition) is 3. The van der Waals surface area contributed by atoms with Gasteiger partial charge in [-0.1, -0.05) is 64.5 Å². The predicted molar refractivity (Wildman–Crippen MR) is 139 cm³/mol. The highest BCUT2D eigenvalue weighted by atomic mass is 79.9. The van der Waals surface area contributed by atoms with Crippen LogP contribution in [0.4, 0.5) is 11.4 Å². The molecular formula is C27H23BrN4O2. The van der Waals surface area contributed by atoms with E-state index in [4.69, 9.17) is 0 Å². The van der Waals surface area contributed by atoms with Crippen molar-refractivity contribution in [1.82, 2.24) is 9.36 Å². The molecule has 0 aliphatic carbocycles. The number of hydrogen-bond donors (Lipinski definition) is 0. The Morgan fingerprint density at radius 1 is 0.912 bits per heavy atom. The van der Waals surface area contributed by atoms with Gasteiger partial charge in [-0.3, -0.25) is 14.3 Å². The zero-order valence-electron chi connectivity index (χ0n) is 18.9. The number of carbonyl (C=O) groups excluding carboxylic acids is 1. The molecule has 7 heteroatoms. The van der Waals surface area contributed by atoms with E-state index in [-0.39, 0.29) is 22.9 Å². The fourth-order valence-electron chi connectivity index (χ4n) is 4.30. The summed E-state index contributed by atoms with van der Waals surface area (Å²) >= 11 is 3.51. The van der Waals surface area contributed by atoms with Gasteiger partial charge in [-0.05, 0) is 49.2 Å². The molecule has 34 heavy (non-hydrogen) atoms. The first kappa shape index (κ1) is 22.1. The lowest BCUT2D eigenvalue weighted by molar-refractivity contribution is -0.112. The molecule has 0 unspecified atom stereocenters. The summed E-state index contributed by atoms with van der Waals surface area (Å²) in [5.41, 5.74) is 4.42. The minimum absolute atomic E-state index is 0.196. The normalized spacial score (nSPS) is 14.1. The summed E-state index contributed by atoms with van der Waals surface area (Å²) in [7, 11) is 1.82. The first-order valence-electron chi connectivity index (χ1n) is 11.0. The Morgan fingerprint density at radius 2 is 1.59 bits per heavy atom. The summed E-state index contributed by atoms with van der Waals surface area (Å²) in [6.45, 7) is 2.37.